The highest BCUT2D eigenvalue weighted by molar-refractivity contribution is 5.89. The van der Waals surface area contributed by atoms with Gasteiger partial charge in [0, 0.05) is 6.54 Å². The van der Waals surface area contributed by atoms with Gasteiger partial charge in [0.1, 0.15) is 18.4 Å². The Morgan fingerprint density at radius 1 is 1.55 bits per heavy atom. The predicted molar refractivity (Wildman–Crippen MR) is 67.5 cm³/mol. The number of amides is 1. The van der Waals surface area contributed by atoms with E-state index in [2.05, 4.69) is 5.32 Å². The van der Waals surface area contributed by atoms with Crippen LogP contribution in [0.25, 0.3) is 0 Å². The molecule has 1 heterocycles. The van der Waals surface area contributed by atoms with Crippen LogP contribution in [0.1, 0.15) is 12.0 Å². The van der Waals surface area contributed by atoms with Crippen LogP contribution < -0.4 is 10.2 Å². The number of carboxylic acid groups (broad SMARTS) is 1. The third-order valence-electron chi connectivity index (χ3n) is 3.12. The van der Waals surface area contributed by atoms with E-state index in [9.17, 15) is 14.0 Å². The lowest BCUT2D eigenvalue weighted by Gasteiger charge is -2.41. The molecule has 1 saturated heterocycles. The third-order valence-corrected chi connectivity index (χ3v) is 3.12. The fourth-order valence-corrected chi connectivity index (χ4v) is 2.04. The number of nitriles is 1. The van der Waals surface area contributed by atoms with Crippen molar-refractivity contribution in [2.24, 2.45) is 0 Å². The van der Waals surface area contributed by atoms with Crippen LogP contribution in [0, 0.1) is 17.1 Å². The first-order valence-corrected chi connectivity index (χ1v) is 5.98. The van der Waals surface area contributed by atoms with Crippen molar-refractivity contribution in [1.82, 2.24) is 5.32 Å². The first-order valence-electron chi connectivity index (χ1n) is 5.98. The van der Waals surface area contributed by atoms with Crippen LogP contribution in [0.5, 0.6) is 0 Å². The van der Waals surface area contributed by atoms with Gasteiger partial charge in [0.15, 0.2) is 0 Å². The van der Waals surface area contributed by atoms with Gasteiger partial charge in [-0.1, -0.05) is 0 Å². The number of hydrogen-bond donors (Lipinski definition) is 2. The van der Waals surface area contributed by atoms with Crippen molar-refractivity contribution < 1.29 is 19.1 Å². The molecule has 7 heteroatoms. The van der Waals surface area contributed by atoms with Gasteiger partial charge >= 0.3 is 5.97 Å². The van der Waals surface area contributed by atoms with E-state index in [0.717, 1.165) is 6.07 Å². The zero-order valence-electron chi connectivity index (χ0n) is 10.5. The fraction of sp³-hybridized carbons (Fsp3) is 0.308. The summed E-state index contributed by atoms with van der Waals surface area (Å²) < 4.78 is 13.8. The molecule has 2 N–H and O–H groups in total. The molecule has 1 aliphatic heterocycles. The second-order valence-electron chi connectivity index (χ2n) is 4.39. The molecule has 0 aliphatic carbocycles. The van der Waals surface area contributed by atoms with E-state index in [4.69, 9.17) is 10.4 Å². The lowest BCUT2D eigenvalue weighted by atomic mass is 10.00. The second kappa shape index (κ2) is 5.57. The summed E-state index contributed by atoms with van der Waals surface area (Å²) in [5.41, 5.74) is 0.448. The first-order chi connectivity index (χ1) is 9.52. The first kappa shape index (κ1) is 13.8. The highest BCUT2D eigenvalue weighted by Crippen LogP contribution is 2.29. The number of rotatable bonds is 4. The van der Waals surface area contributed by atoms with Crippen molar-refractivity contribution in [3.05, 3.63) is 29.6 Å². The summed E-state index contributed by atoms with van der Waals surface area (Å²) in [7, 11) is 0. The zero-order valence-corrected chi connectivity index (χ0v) is 10.5. The Bertz CT molecular complexity index is 597. The molecule has 0 spiro atoms. The highest BCUT2D eigenvalue weighted by atomic mass is 19.1. The average molecular weight is 277 g/mol. The molecule has 104 valence electrons. The van der Waals surface area contributed by atoms with Crippen LogP contribution in [0.4, 0.5) is 10.1 Å². The summed E-state index contributed by atoms with van der Waals surface area (Å²) in [6, 6.07) is 5.30. The van der Waals surface area contributed by atoms with Gasteiger partial charge in [-0.2, -0.15) is 5.26 Å². The number of carboxylic acids is 1. The van der Waals surface area contributed by atoms with E-state index in [0.29, 0.717) is 13.0 Å². The van der Waals surface area contributed by atoms with Crippen LogP contribution >= 0.6 is 0 Å². The Kier molecular flexibility index (Phi) is 3.84. The molecule has 1 aliphatic rings. The monoisotopic (exact) mass is 277 g/mol. The molecule has 0 aromatic heterocycles. The van der Waals surface area contributed by atoms with Gasteiger partial charge < -0.3 is 15.3 Å². The average Bonchev–Trinajstić information content (AvgIpc) is 2.37. The second-order valence-corrected chi connectivity index (χ2v) is 4.39. The number of aliphatic carboxylic acids is 1. The summed E-state index contributed by atoms with van der Waals surface area (Å²) in [4.78, 5) is 23.7. The molecular weight excluding hydrogens is 265 g/mol. The van der Waals surface area contributed by atoms with E-state index in [-0.39, 0.29) is 11.3 Å². The topological polar surface area (TPSA) is 93.4 Å². The van der Waals surface area contributed by atoms with Crippen LogP contribution in [0.15, 0.2) is 18.2 Å². The summed E-state index contributed by atoms with van der Waals surface area (Å²) in [5, 5.41) is 19.4. The van der Waals surface area contributed by atoms with E-state index in [1.54, 1.807) is 4.90 Å². The number of benzene rings is 1. The normalized spacial score (nSPS) is 17.0. The molecule has 6 nitrogen and oxygen atoms in total. The molecule has 0 radical (unpaired) electrons. The molecule has 20 heavy (non-hydrogen) atoms. The number of carbonyl (C=O) groups is 2. The van der Waals surface area contributed by atoms with Crippen LogP contribution in [-0.4, -0.2) is 36.1 Å². The maximum absolute atomic E-state index is 13.8. The molecule has 0 unspecified atom stereocenters. The van der Waals surface area contributed by atoms with Crippen molar-refractivity contribution in [2.45, 2.75) is 12.5 Å². The van der Waals surface area contributed by atoms with E-state index < -0.39 is 30.3 Å². The highest BCUT2D eigenvalue weighted by Gasteiger charge is 2.35. The molecule has 0 bridgehead atoms. The lowest BCUT2D eigenvalue weighted by Crippen LogP contribution is -2.57. The minimum absolute atomic E-state index is 0.207. The van der Waals surface area contributed by atoms with Gasteiger partial charge in [0.2, 0.25) is 5.91 Å². The summed E-state index contributed by atoms with van der Waals surface area (Å²) >= 11 is 0. The van der Waals surface area contributed by atoms with Crippen molar-refractivity contribution >= 4 is 17.6 Å². The molecule has 1 fully saturated rings. The quantitative estimate of drug-likeness (QED) is 0.834. The minimum Gasteiger partial charge on any atom is -0.480 e. The largest absolute Gasteiger partial charge is 0.480 e. The predicted octanol–water partition coefficient (Wildman–Crippen LogP) is 0.477. The molecule has 0 saturated carbocycles. The fourth-order valence-electron chi connectivity index (χ4n) is 2.04. The summed E-state index contributed by atoms with van der Waals surface area (Å²) in [6.07, 6.45) is 0.533. The van der Waals surface area contributed by atoms with E-state index in [1.165, 1.54) is 12.1 Å². The Balaban J connectivity index is 2.08. The summed E-state index contributed by atoms with van der Waals surface area (Å²) in [5.74, 6) is -2.14. The van der Waals surface area contributed by atoms with Gasteiger partial charge in [0.05, 0.1) is 17.3 Å². The molecule has 1 atom stereocenters. The molecule has 1 amide bonds. The van der Waals surface area contributed by atoms with Gasteiger partial charge in [-0.05, 0) is 24.6 Å². The third kappa shape index (κ3) is 2.69. The smallest absolute Gasteiger partial charge is 0.322 e. The molecular formula is C13H12FN3O3. The Hall–Kier alpha value is -2.62. The van der Waals surface area contributed by atoms with Crippen LogP contribution in [0.2, 0.25) is 0 Å². The lowest BCUT2D eigenvalue weighted by molar-refractivity contribution is -0.138. The maximum atomic E-state index is 13.8. The number of halogens is 1. The minimum atomic E-state index is -1.13. The van der Waals surface area contributed by atoms with Gasteiger partial charge in [-0.3, -0.25) is 9.59 Å². The SMILES string of the molecule is N#Cc1ccc(N2CC[C@H]2C(=O)NCC(=O)O)c(F)c1. The van der Waals surface area contributed by atoms with E-state index in [1.807, 2.05) is 6.07 Å². The number of carbonyl (C=O) groups excluding carboxylic acids is 1. The number of hydrogen-bond acceptors (Lipinski definition) is 4. The van der Waals surface area contributed by atoms with E-state index >= 15 is 0 Å². The molecule has 2 rings (SSSR count). The number of anilines is 1. The van der Waals surface area contributed by atoms with Crippen molar-refractivity contribution in [2.75, 3.05) is 18.0 Å². The van der Waals surface area contributed by atoms with Crippen LogP contribution in [0.3, 0.4) is 0 Å². The van der Waals surface area contributed by atoms with Crippen molar-refractivity contribution in [3.63, 3.8) is 0 Å². The summed E-state index contributed by atoms with van der Waals surface area (Å²) in [6.45, 7) is 0.0486. The van der Waals surface area contributed by atoms with Crippen LogP contribution in [-0.2, 0) is 9.59 Å². The number of nitrogens with one attached hydrogen (secondary N) is 1. The molecule has 1 aromatic carbocycles. The van der Waals surface area contributed by atoms with Gasteiger partial charge in [-0.15, -0.1) is 0 Å². The number of nitrogens with zero attached hydrogens (tertiary/aromatic N) is 2. The Morgan fingerprint density at radius 3 is 2.80 bits per heavy atom. The Labute approximate surface area is 114 Å². The van der Waals surface area contributed by atoms with Crippen molar-refractivity contribution in [3.8, 4) is 6.07 Å². The van der Waals surface area contributed by atoms with Crippen molar-refractivity contribution in [1.29, 1.82) is 5.26 Å². The van der Waals surface area contributed by atoms with Gasteiger partial charge in [-0.25, -0.2) is 4.39 Å². The Morgan fingerprint density at radius 2 is 2.30 bits per heavy atom. The maximum Gasteiger partial charge on any atom is 0.322 e. The van der Waals surface area contributed by atoms with Gasteiger partial charge in [0.25, 0.3) is 0 Å². The molecule has 1 aromatic rings. The zero-order chi connectivity index (χ0) is 14.7. The standard InChI is InChI=1S/C13H12FN3O3/c14-9-5-8(6-15)1-2-10(9)17-4-3-11(17)13(20)16-7-12(18)19/h1-2,5,11H,3-4,7H2,(H,16,20)(H,18,19)/t11-/m0/s1.